The minimum atomic E-state index is -4.45. The highest BCUT2D eigenvalue weighted by Crippen LogP contribution is 2.37. The van der Waals surface area contributed by atoms with Gasteiger partial charge in [0.1, 0.15) is 0 Å². The zero-order valence-corrected chi connectivity index (χ0v) is 15.1. The molecule has 2 aliphatic heterocycles. The van der Waals surface area contributed by atoms with Crippen molar-refractivity contribution in [3.63, 3.8) is 0 Å². The highest BCUT2D eigenvalue weighted by Gasteiger charge is 2.39. The lowest BCUT2D eigenvalue weighted by atomic mass is 9.81. The van der Waals surface area contributed by atoms with Crippen molar-refractivity contribution in [3.05, 3.63) is 58.5 Å². The number of hydrogen-bond acceptors (Lipinski definition) is 4. The molecule has 0 unspecified atom stereocenters. The fraction of sp³-hybridized carbons (Fsp3) is 0.450. The van der Waals surface area contributed by atoms with E-state index in [1.165, 1.54) is 12.3 Å². The van der Waals surface area contributed by atoms with Gasteiger partial charge in [-0.15, -0.1) is 0 Å². The summed E-state index contributed by atoms with van der Waals surface area (Å²) in [6, 6.07) is 5.12. The molecule has 1 aromatic heterocycles. The van der Waals surface area contributed by atoms with E-state index in [4.69, 9.17) is 13.9 Å². The molecule has 1 aromatic carbocycles. The van der Waals surface area contributed by atoms with Crippen molar-refractivity contribution >= 4 is 5.91 Å². The van der Waals surface area contributed by atoms with E-state index in [0.717, 1.165) is 23.3 Å². The van der Waals surface area contributed by atoms with Gasteiger partial charge in [-0.25, -0.2) is 0 Å². The summed E-state index contributed by atoms with van der Waals surface area (Å²) in [4.78, 5) is 13.0. The Balaban J connectivity index is 1.67. The molecule has 5 nitrogen and oxygen atoms in total. The number of fused-ring (bicyclic) bond motifs is 1. The smallest absolute Gasteiger partial charge is 0.416 e. The van der Waals surface area contributed by atoms with Gasteiger partial charge < -0.3 is 19.2 Å². The van der Waals surface area contributed by atoms with Gasteiger partial charge in [0, 0.05) is 30.8 Å². The van der Waals surface area contributed by atoms with Gasteiger partial charge in [0.2, 0.25) is 0 Å². The zero-order chi connectivity index (χ0) is 19.8. The van der Waals surface area contributed by atoms with E-state index in [2.05, 4.69) is 5.32 Å². The highest BCUT2D eigenvalue weighted by molar-refractivity contribution is 5.94. The molecule has 2 aromatic rings. The normalized spacial score (nSPS) is 19.1. The number of ether oxygens (including phenoxy) is 2. The highest BCUT2D eigenvalue weighted by atomic mass is 19.4. The van der Waals surface area contributed by atoms with Gasteiger partial charge in [-0.2, -0.15) is 13.2 Å². The van der Waals surface area contributed by atoms with E-state index in [-0.39, 0.29) is 5.76 Å². The van der Waals surface area contributed by atoms with Crippen LogP contribution in [0.2, 0.25) is 0 Å². The zero-order valence-electron chi connectivity index (χ0n) is 15.1. The van der Waals surface area contributed by atoms with Crippen LogP contribution in [0.25, 0.3) is 0 Å². The van der Waals surface area contributed by atoms with Crippen molar-refractivity contribution in [1.82, 2.24) is 5.32 Å². The number of amides is 1. The number of carbonyl (C=O) groups is 1. The minimum absolute atomic E-state index is 0.205. The monoisotopic (exact) mass is 395 g/mol. The van der Waals surface area contributed by atoms with Crippen molar-refractivity contribution in [2.45, 2.75) is 37.6 Å². The molecule has 1 fully saturated rings. The average Bonchev–Trinajstić information content (AvgIpc) is 3.12. The summed E-state index contributed by atoms with van der Waals surface area (Å²) in [6.07, 6.45) is -1.62. The Hall–Kier alpha value is -2.32. The number of halogens is 3. The summed E-state index contributed by atoms with van der Waals surface area (Å²) >= 11 is 0. The maximum Gasteiger partial charge on any atom is 0.416 e. The number of carbonyl (C=O) groups excluding carboxylic acids is 1. The van der Waals surface area contributed by atoms with Gasteiger partial charge in [0.05, 0.1) is 30.6 Å². The summed E-state index contributed by atoms with van der Waals surface area (Å²) < 4.78 is 55.8. The molecule has 28 heavy (non-hydrogen) atoms. The van der Waals surface area contributed by atoms with Crippen molar-refractivity contribution in [2.75, 3.05) is 19.8 Å². The van der Waals surface area contributed by atoms with Crippen LogP contribution in [0.5, 0.6) is 0 Å². The lowest BCUT2D eigenvalue weighted by molar-refractivity contribution is -0.137. The molecule has 1 amide bonds. The van der Waals surface area contributed by atoms with Crippen molar-refractivity contribution in [2.24, 2.45) is 0 Å². The fourth-order valence-electron chi connectivity index (χ4n) is 3.83. The molecule has 1 N–H and O–H groups in total. The molecule has 4 rings (SSSR count). The van der Waals surface area contributed by atoms with E-state index in [9.17, 15) is 18.0 Å². The molecule has 0 radical (unpaired) electrons. The van der Waals surface area contributed by atoms with Gasteiger partial charge in [-0.1, -0.05) is 12.1 Å². The van der Waals surface area contributed by atoms with Crippen LogP contribution >= 0.6 is 0 Å². The summed E-state index contributed by atoms with van der Waals surface area (Å²) in [7, 11) is 0. The lowest BCUT2D eigenvalue weighted by Gasteiger charge is -2.38. The first-order valence-corrected chi connectivity index (χ1v) is 9.14. The van der Waals surface area contributed by atoms with E-state index in [1.807, 2.05) is 0 Å². The third-order valence-electron chi connectivity index (χ3n) is 5.38. The third kappa shape index (κ3) is 3.54. The van der Waals surface area contributed by atoms with Crippen LogP contribution in [-0.4, -0.2) is 25.7 Å². The second-order valence-electron chi connectivity index (χ2n) is 7.10. The largest absolute Gasteiger partial charge is 0.459 e. The number of nitrogens with one attached hydrogen (secondary N) is 1. The van der Waals surface area contributed by atoms with Crippen LogP contribution in [0, 0.1) is 0 Å². The second kappa shape index (κ2) is 7.25. The molecule has 1 saturated heterocycles. The summed E-state index contributed by atoms with van der Waals surface area (Å²) in [5, 5.41) is 2.96. The molecule has 8 heteroatoms. The van der Waals surface area contributed by atoms with Crippen molar-refractivity contribution in [3.8, 4) is 0 Å². The first-order valence-electron chi connectivity index (χ1n) is 9.14. The molecule has 0 saturated carbocycles. The van der Waals surface area contributed by atoms with Gasteiger partial charge in [0.25, 0.3) is 5.91 Å². The van der Waals surface area contributed by atoms with Crippen molar-refractivity contribution in [1.29, 1.82) is 0 Å². The SMILES string of the molecule is O=C(NC1(c2cccc(C(F)(F)F)c2)CCOCC1)c1occ2c1CCOC2. The summed E-state index contributed by atoms with van der Waals surface area (Å²) in [6.45, 7) is 1.58. The number of furan rings is 1. The molecule has 0 bridgehead atoms. The lowest BCUT2D eigenvalue weighted by Crippen LogP contribution is -2.49. The average molecular weight is 395 g/mol. The Kier molecular flexibility index (Phi) is 4.93. The van der Waals surface area contributed by atoms with E-state index >= 15 is 0 Å². The van der Waals surface area contributed by atoms with Crippen molar-refractivity contribution < 1.29 is 31.9 Å². The number of rotatable bonds is 3. The topological polar surface area (TPSA) is 60.7 Å². The predicted octanol–water partition coefficient (Wildman–Crippen LogP) is 3.81. The first-order chi connectivity index (χ1) is 13.4. The fourth-order valence-corrected chi connectivity index (χ4v) is 3.83. The standard InChI is InChI=1S/C20H20F3NO4/c21-20(22,23)15-3-1-2-14(10-15)19(5-8-26-9-6-19)24-18(25)17-16-4-7-27-11-13(16)12-28-17/h1-3,10,12H,4-9,11H2,(H,24,25). The van der Waals surface area contributed by atoms with E-state index < -0.39 is 23.2 Å². The van der Waals surface area contributed by atoms with Gasteiger partial charge in [0.15, 0.2) is 5.76 Å². The molecule has 150 valence electrons. The Morgan fingerprint density at radius 2 is 1.89 bits per heavy atom. The van der Waals surface area contributed by atoms with Crippen LogP contribution in [0.4, 0.5) is 13.2 Å². The Morgan fingerprint density at radius 1 is 1.11 bits per heavy atom. The molecule has 0 aliphatic carbocycles. The maximum absolute atomic E-state index is 13.2. The first kappa shape index (κ1) is 19.0. The van der Waals surface area contributed by atoms with Crippen LogP contribution in [0.3, 0.4) is 0 Å². The number of alkyl halides is 3. The summed E-state index contributed by atoms with van der Waals surface area (Å²) in [5.41, 5.74) is 0.369. The van der Waals surface area contributed by atoms with Gasteiger partial charge in [-0.3, -0.25) is 4.79 Å². The van der Waals surface area contributed by atoms with Crippen LogP contribution in [-0.2, 0) is 34.2 Å². The van der Waals surface area contributed by atoms with Crippen LogP contribution < -0.4 is 5.32 Å². The quantitative estimate of drug-likeness (QED) is 0.859. The van der Waals surface area contributed by atoms with Gasteiger partial charge in [-0.05, 0) is 30.5 Å². The second-order valence-corrected chi connectivity index (χ2v) is 7.10. The molecule has 0 spiro atoms. The molecular formula is C20H20F3NO4. The van der Waals surface area contributed by atoms with Crippen LogP contribution in [0.15, 0.2) is 34.9 Å². The van der Waals surface area contributed by atoms with E-state index in [1.54, 1.807) is 6.07 Å². The Labute approximate surface area is 159 Å². The van der Waals surface area contributed by atoms with Gasteiger partial charge >= 0.3 is 6.18 Å². The Morgan fingerprint density at radius 3 is 2.64 bits per heavy atom. The maximum atomic E-state index is 13.2. The van der Waals surface area contributed by atoms with E-state index in [0.29, 0.717) is 51.3 Å². The predicted molar refractivity (Wildman–Crippen MR) is 92.7 cm³/mol. The Bertz CT molecular complexity index is 869. The minimum Gasteiger partial charge on any atom is -0.459 e. The molecule has 0 atom stereocenters. The van der Waals surface area contributed by atoms with Crippen LogP contribution in [0.1, 0.15) is 45.7 Å². The molecule has 3 heterocycles. The third-order valence-corrected chi connectivity index (χ3v) is 5.38. The number of benzene rings is 1. The molecule has 2 aliphatic rings. The molecular weight excluding hydrogens is 375 g/mol. The number of hydrogen-bond donors (Lipinski definition) is 1. The summed E-state index contributed by atoms with van der Waals surface area (Å²) in [5.74, 6) is -0.224.